The third-order valence-corrected chi connectivity index (χ3v) is 5.29. The smallest absolute Gasteiger partial charge is 0.354 e. The predicted molar refractivity (Wildman–Crippen MR) is 87.7 cm³/mol. The molecule has 24 heavy (non-hydrogen) atoms. The Morgan fingerprint density at radius 2 is 1.92 bits per heavy atom. The Labute approximate surface area is 147 Å². The molecule has 2 fully saturated rings. The van der Waals surface area contributed by atoms with Crippen molar-refractivity contribution in [2.75, 3.05) is 31.1 Å². The molecule has 1 aliphatic heterocycles. The van der Waals surface area contributed by atoms with Crippen molar-refractivity contribution < 1.29 is 18.0 Å². The van der Waals surface area contributed by atoms with Gasteiger partial charge in [0.15, 0.2) is 0 Å². The van der Waals surface area contributed by atoms with E-state index >= 15 is 0 Å². The monoisotopic (exact) mass is 405 g/mol. The van der Waals surface area contributed by atoms with Gasteiger partial charge in [0.05, 0.1) is 10.0 Å². The molecule has 0 aromatic carbocycles. The minimum absolute atomic E-state index is 0.174. The van der Waals surface area contributed by atoms with Crippen molar-refractivity contribution in [3.63, 3.8) is 0 Å². The van der Waals surface area contributed by atoms with Gasteiger partial charge in [-0.2, -0.15) is 13.2 Å². The maximum atomic E-state index is 12.7. The van der Waals surface area contributed by atoms with Crippen molar-refractivity contribution in [1.29, 1.82) is 0 Å². The quantitative estimate of drug-likeness (QED) is 0.752. The summed E-state index contributed by atoms with van der Waals surface area (Å²) >= 11 is 3.20. The van der Waals surface area contributed by atoms with E-state index < -0.39 is 11.7 Å². The van der Waals surface area contributed by atoms with Crippen LogP contribution in [0.25, 0.3) is 0 Å². The van der Waals surface area contributed by atoms with Gasteiger partial charge in [-0.3, -0.25) is 4.79 Å². The molecule has 0 N–H and O–H groups in total. The molecule has 0 unspecified atom stereocenters. The lowest BCUT2D eigenvalue weighted by Gasteiger charge is -2.31. The van der Waals surface area contributed by atoms with E-state index in [1.807, 2.05) is 9.80 Å². The van der Waals surface area contributed by atoms with Gasteiger partial charge in [-0.25, -0.2) is 4.98 Å². The van der Waals surface area contributed by atoms with Crippen molar-refractivity contribution in [1.82, 2.24) is 9.88 Å². The van der Waals surface area contributed by atoms with E-state index in [1.54, 1.807) is 0 Å². The molecule has 1 amide bonds. The first kappa shape index (κ1) is 17.5. The Kier molecular flexibility index (Phi) is 5.03. The van der Waals surface area contributed by atoms with Crippen molar-refractivity contribution in [3.05, 3.63) is 22.3 Å². The largest absolute Gasteiger partial charge is 0.417 e. The molecule has 3 rings (SSSR count). The van der Waals surface area contributed by atoms with Gasteiger partial charge < -0.3 is 9.80 Å². The average Bonchev–Trinajstić information content (AvgIpc) is 2.70. The first-order valence-electron chi connectivity index (χ1n) is 8.13. The van der Waals surface area contributed by atoms with Gasteiger partial charge in [0.1, 0.15) is 5.82 Å². The maximum Gasteiger partial charge on any atom is 0.417 e. The Morgan fingerprint density at radius 3 is 2.50 bits per heavy atom. The maximum absolute atomic E-state index is 12.7. The Hall–Kier alpha value is -1.31. The van der Waals surface area contributed by atoms with Gasteiger partial charge in [-0.1, -0.05) is 6.42 Å². The Morgan fingerprint density at radius 1 is 1.17 bits per heavy atom. The van der Waals surface area contributed by atoms with Gasteiger partial charge in [0.25, 0.3) is 0 Å². The summed E-state index contributed by atoms with van der Waals surface area (Å²) in [6.45, 7) is 2.54. The highest BCUT2D eigenvalue weighted by Gasteiger charge is 2.33. The predicted octanol–water partition coefficient (Wildman–Crippen LogP) is 3.70. The van der Waals surface area contributed by atoms with Crippen LogP contribution in [-0.2, 0) is 11.0 Å². The van der Waals surface area contributed by atoms with Crippen LogP contribution in [0.2, 0.25) is 0 Å². The standard InChI is InChI=1S/C16H19BrF3N3O/c17-13-9-12(16(18,19)20)10-21-14(13)22-5-2-6-23(8-7-22)15(24)11-3-1-4-11/h9-11H,1-8H2. The number of anilines is 1. The van der Waals surface area contributed by atoms with Gasteiger partial charge >= 0.3 is 6.18 Å². The van der Waals surface area contributed by atoms with Gasteiger partial charge in [-0.05, 0) is 41.3 Å². The van der Waals surface area contributed by atoms with Crippen LogP contribution in [0.4, 0.5) is 19.0 Å². The molecule has 1 aromatic rings. The van der Waals surface area contributed by atoms with Crippen LogP contribution in [0.3, 0.4) is 0 Å². The third kappa shape index (κ3) is 3.68. The summed E-state index contributed by atoms with van der Waals surface area (Å²) in [7, 11) is 0. The van der Waals surface area contributed by atoms with Crippen LogP contribution < -0.4 is 4.90 Å². The third-order valence-electron chi connectivity index (χ3n) is 4.71. The summed E-state index contributed by atoms with van der Waals surface area (Å²) in [5.41, 5.74) is -0.769. The van der Waals surface area contributed by atoms with E-state index in [2.05, 4.69) is 20.9 Å². The summed E-state index contributed by atoms with van der Waals surface area (Å²) in [6, 6.07) is 1.06. The molecule has 2 aliphatic rings. The molecular formula is C16H19BrF3N3O. The van der Waals surface area contributed by atoms with E-state index in [0.29, 0.717) is 36.5 Å². The molecule has 8 heteroatoms. The van der Waals surface area contributed by atoms with E-state index in [0.717, 1.165) is 37.9 Å². The van der Waals surface area contributed by atoms with Crippen LogP contribution in [0.1, 0.15) is 31.2 Å². The second-order valence-corrected chi connectivity index (χ2v) is 7.18. The van der Waals surface area contributed by atoms with Crippen LogP contribution in [-0.4, -0.2) is 42.0 Å². The van der Waals surface area contributed by atoms with Gasteiger partial charge in [-0.15, -0.1) is 0 Å². The Balaban J connectivity index is 1.68. The molecule has 4 nitrogen and oxygen atoms in total. The van der Waals surface area contributed by atoms with Crippen molar-refractivity contribution >= 4 is 27.7 Å². The van der Waals surface area contributed by atoms with Crippen molar-refractivity contribution in [3.8, 4) is 0 Å². The number of amides is 1. The number of pyridine rings is 1. The molecule has 2 heterocycles. The summed E-state index contributed by atoms with van der Waals surface area (Å²) in [4.78, 5) is 20.2. The second kappa shape index (κ2) is 6.90. The molecule has 0 atom stereocenters. The van der Waals surface area contributed by atoms with Crippen molar-refractivity contribution in [2.45, 2.75) is 31.9 Å². The molecule has 1 saturated carbocycles. The second-order valence-electron chi connectivity index (χ2n) is 6.32. The lowest BCUT2D eigenvalue weighted by atomic mass is 9.84. The number of hydrogen-bond acceptors (Lipinski definition) is 3. The zero-order chi connectivity index (χ0) is 17.3. The zero-order valence-electron chi connectivity index (χ0n) is 13.2. The molecule has 0 spiro atoms. The number of carbonyl (C=O) groups is 1. The highest BCUT2D eigenvalue weighted by molar-refractivity contribution is 9.10. The van der Waals surface area contributed by atoms with E-state index in [-0.39, 0.29) is 11.8 Å². The van der Waals surface area contributed by atoms with E-state index in [1.165, 1.54) is 0 Å². The van der Waals surface area contributed by atoms with Crippen LogP contribution in [0, 0.1) is 5.92 Å². The SMILES string of the molecule is O=C(C1CCC1)N1CCCN(c2ncc(C(F)(F)F)cc2Br)CC1. The van der Waals surface area contributed by atoms with Gasteiger partial charge in [0, 0.05) is 38.3 Å². The number of nitrogens with zero attached hydrogens (tertiary/aromatic N) is 3. The number of hydrogen-bond donors (Lipinski definition) is 0. The number of aromatic nitrogens is 1. The van der Waals surface area contributed by atoms with Crippen LogP contribution in [0.5, 0.6) is 0 Å². The molecular weight excluding hydrogens is 387 g/mol. The molecule has 1 aliphatic carbocycles. The first-order valence-corrected chi connectivity index (χ1v) is 8.92. The average molecular weight is 406 g/mol. The van der Waals surface area contributed by atoms with E-state index in [9.17, 15) is 18.0 Å². The molecule has 132 valence electrons. The summed E-state index contributed by atoms with van der Waals surface area (Å²) in [5, 5.41) is 0. The number of alkyl halides is 3. The Bertz CT molecular complexity index is 619. The molecule has 1 aromatic heterocycles. The highest BCUT2D eigenvalue weighted by Crippen LogP contribution is 2.34. The molecule has 1 saturated heterocycles. The van der Waals surface area contributed by atoms with Crippen molar-refractivity contribution in [2.24, 2.45) is 5.92 Å². The minimum Gasteiger partial charge on any atom is -0.354 e. The van der Waals surface area contributed by atoms with E-state index in [4.69, 9.17) is 0 Å². The lowest BCUT2D eigenvalue weighted by Crippen LogP contribution is -2.41. The topological polar surface area (TPSA) is 36.4 Å². The number of halogens is 4. The molecule has 0 bridgehead atoms. The first-order chi connectivity index (χ1) is 11.4. The molecule has 0 radical (unpaired) electrons. The zero-order valence-corrected chi connectivity index (χ0v) is 14.7. The fourth-order valence-electron chi connectivity index (χ4n) is 3.08. The number of rotatable bonds is 2. The van der Waals surface area contributed by atoms with Gasteiger partial charge in [0.2, 0.25) is 5.91 Å². The normalized spacial score (nSPS) is 19.8. The lowest BCUT2D eigenvalue weighted by molar-refractivity contribution is -0.138. The van der Waals surface area contributed by atoms with Crippen LogP contribution >= 0.6 is 15.9 Å². The van der Waals surface area contributed by atoms with Crippen LogP contribution in [0.15, 0.2) is 16.7 Å². The fraction of sp³-hybridized carbons (Fsp3) is 0.625. The summed E-state index contributed by atoms with van der Waals surface area (Å²) in [6.07, 6.45) is 0.323. The highest BCUT2D eigenvalue weighted by atomic mass is 79.9. The minimum atomic E-state index is -4.40. The summed E-state index contributed by atoms with van der Waals surface area (Å²) in [5.74, 6) is 0.899. The number of carbonyl (C=O) groups excluding carboxylic acids is 1. The summed E-state index contributed by atoms with van der Waals surface area (Å²) < 4.78 is 38.6. The fourth-order valence-corrected chi connectivity index (χ4v) is 3.68.